The zero-order valence-electron chi connectivity index (χ0n) is 15.4. The highest BCUT2D eigenvalue weighted by atomic mass is 19.1. The summed E-state index contributed by atoms with van der Waals surface area (Å²) in [4.78, 5) is 19.9. The van der Waals surface area contributed by atoms with Crippen LogP contribution in [0.2, 0.25) is 0 Å². The highest BCUT2D eigenvalue weighted by molar-refractivity contribution is 5.82. The van der Waals surface area contributed by atoms with Gasteiger partial charge in [0, 0.05) is 29.6 Å². The van der Waals surface area contributed by atoms with Gasteiger partial charge in [-0.05, 0) is 39.3 Å². The smallest absolute Gasteiger partial charge is 0.407 e. The van der Waals surface area contributed by atoms with Gasteiger partial charge in [0.25, 0.3) is 0 Å². The molecule has 2 rings (SSSR count). The van der Waals surface area contributed by atoms with Gasteiger partial charge in [-0.3, -0.25) is 0 Å². The van der Waals surface area contributed by atoms with Gasteiger partial charge in [0.05, 0.1) is 19.2 Å². The molecular formula is C18H24FN3O4. The number of benzene rings is 1. The second-order valence-corrected chi connectivity index (χ2v) is 6.85. The van der Waals surface area contributed by atoms with E-state index in [1.807, 2.05) is 0 Å². The number of amides is 1. The van der Waals surface area contributed by atoms with Gasteiger partial charge in [0.2, 0.25) is 0 Å². The molecule has 1 aromatic heterocycles. The Balaban J connectivity index is 2.19. The minimum absolute atomic E-state index is 0.118. The molecular weight excluding hydrogens is 341 g/mol. The zero-order valence-corrected chi connectivity index (χ0v) is 15.4. The molecule has 1 amide bonds. The van der Waals surface area contributed by atoms with E-state index in [0.717, 1.165) is 0 Å². The number of fused-ring (bicyclic) bond motifs is 1. The number of rotatable bonds is 6. The molecule has 0 bridgehead atoms. The van der Waals surface area contributed by atoms with E-state index in [-0.39, 0.29) is 24.7 Å². The van der Waals surface area contributed by atoms with Gasteiger partial charge in [-0.15, -0.1) is 0 Å². The van der Waals surface area contributed by atoms with Crippen molar-refractivity contribution in [1.82, 2.24) is 15.3 Å². The number of aliphatic hydroxyl groups excluding tert-OH is 1. The zero-order chi connectivity index (χ0) is 19.3. The number of aromatic nitrogens is 2. The number of nitrogens with one attached hydrogen (secondary N) is 1. The molecule has 8 heteroatoms. The third-order valence-electron chi connectivity index (χ3n) is 3.69. The molecule has 0 saturated carbocycles. The molecule has 0 radical (unpaired) electrons. The molecule has 2 aromatic rings. The second kappa shape index (κ2) is 8.27. The first-order valence-corrected chi connectivity index (χ1v) is 8.32. The van der Waals surface area contributed by atoms with Crippen molar-refractivity contribution in [3.63, 3.8) is 0 Å². The van der Waals surface area contributed by atoms with E-state index in [2.05, 4.69) is 15.3 Å². The average molecular weight is 365 g/mol. The summed E-state index contributed by atoms with van der Waals surface area (Å²) in [5, 5.41) is 13.0. The minimum Gasteiger partial charge on any atom is -0.467 e. The lowest BCUT2D eigenvalue weighted by atomic mass is 9.93. The fourth-order valence-electron chi connectivity index (χ4n) is 2.55. The molecule has 26 heavy (non-hydrogen) atoms. The van der Waals surface area contributed by atoms with Gasteiger partial charge in [-0.25, -0.2) is 14.2 Å². The maximum atomic E-state index is 14.5. The summed E-state index contributed by atoms with van der Waals surface area (Å²) in [6.45, 7) is 5.22. The van der Waals surface area contributed by atoms with Crippen LogP contribution in [0.1, 0.15) is 38.7 Å². The van der Waals surface area contributed by atoms with Crippen LogP contribution in [0.15, 0.2) is 18.3 Å². The molecule has 2 N–H and O–H groups in total. The fraction of sp³-hybridized carbons (Fsp3) is 0.500. The maximum absolute atomic E-state index is 14.5. The monoisotopic (exact) mass is 365 g/mol. The number of ether oxygens (including phenoxy) is 2. The van der Waals surface area contributed by atoms with E-state index in [9.17, 15) is 14.3 Å². The molecule has 1 atom stereocenters. The minimum atomic E-state index is -0.602. The van der Waals surface area contributed by atoms with Crippen molar-refractivity contribution >= 4 is 17.0 Å². The Hall–Kier alpha value is -2.48. The van der Waals surface area contributed by atoms with Gasteiger partial charge in [0.1, 0.15) is 11.4 Å². The SMILES string of the molecule is COc1ncc2ccc(F)c(C(CO)CCNC(=O)OC(C)(C)C)c2n1. The molecule has 0 saturated heterocycles. The van der Waals surface area contributed by atoms with Crippen LogP contribution in [0.25, 0.3) is 10.9 Å². The van der Waals surface area contributed by atoms with Crippen LogP contribution in [-0.2, 0) is 4.74 Å². The van der Waals surface area contributed by atoms with Crippen molar-refractivity contribution in [3.8, 4) is 6.01 Å². The van der Waals surface area contributed by atoms with E-state index in [1.54, 1.807) is 26.8 Å². The van der Waals surface area contributed by atoms with Crippen LogP contribution in [0.5, 0.6) is 6.01 Å². The lowest BCUT2D eigenvalue weighted by Gasteiger charge is -2.21. The van der Waals surface area contributed by atoms with E-state index in [4.69, 9.17) is 9.47 Å². The maximum Gasteiger partial charge on any atom is 0.407 e. The van der Waals surface area contributed by atoms with Gasteiger partial charge >= 0.3 is 12.1 Å². The van der Waals surface area contributed by atoms with Crippen LogP contribution in [0.4, 0.5) is 9.18 Å². The third kappa shape index (κ3) is 5.01. The number of alkyl carbamates (subject to hydrolysis) is 1. The van der Waals surface area contributed by atoms with Crippen molar-refractivity contribution in [3.05, 3.63) is 29.7 Å². The predicted molar refractivity (Wildman–Crippen MR) is 94.7 cm³/mol. The first-order valence-electron chi connectivity index (χ1n) is 8.32. The largest absolute Gasteiger partial charge is 0.467 e. The Morgan fingerprint density at radius 2 is 2.12 bits per heavy atom. The lowest BCUT2D eigenvalue weighted by Crippen LogP contribution is -2.33. The first kappa shape index (κ1) is 19.8. The number of carbonyl (C=O) groups excluding carboxylic acids is 1. The van der Waals surface area contributed by atoms with E-state index >= 15 is 0 Å². The van der Waals surface area contributed by atoms with Crippen LogP contribution >= 0.6 is 0 Å². The topological polar surface area (TPSA) is 93.6 Å². The summed E-state index contributed by atoms with van der Waals surface area (Å²) in [6.07, 6.45) is 1.30. The number of hydrogen-bond acceptors (Lipinski definition) is 6. The van der Waals surface area contributed by atoms with Crippen LogP contribution in [0, 0.1) is 5.82 Å². The van der Waals surface area contributed by atoms with E-state index in [1.165, 1.54) is 19.4 Å². The molecule has 1 aromatic carbocycles. The number of nitrogens with zero attached hydrogens (tertiary/aromatic N) is 2. The second-order valence-electron chi connectivity index (χ2n) is 6.85. The average Bonchev–Trinajstić information content (AvgIpc) is 2.57. The lowest BCUT2D eigenvalue weighted by molar-refractivity contribution is 0.0525. The summed E-state index contributed by atoms with van der Waals surface area (Å²) in [5.74, 6) is -1.03. The Bertz CT molecular complexity index is 777. The van der Waals surface area contributed by atoms with Gasteiger partial charge in [-0.2, -0.15) is 4.98 Å². The highest BCUT2D eigenvalue weighted by Gasteiger charge is 2.21. The molecule has 0 spiro atoms. The molecule has 142 valence electrons. The van der Waals surface area contributed by atoms with E-state index < -0.39 is 23.4 Å². The molecule has 1 heterocycles. The van der Waals surface area contributed by atoms with Gasteiger partial charge in [-0.1, -0.05) is 0 Å². The molecule has 7 nitrogen and oxygen atoms in total. The van der Waals surface area contributed by atoms with Crippen LogP contribution in [-0.4, -0.2) is 47.0 Å². The van der Waals surface area contributed by atoms with Gasteiger partial charge in [0.15, 0.2) is 0 Å². The van der Waals surface area contributed by atoms with Crippen LogP contribution in [0.3, 0.4) is 0 Å². The quantitative estimate of drug-likeness (QED) is 0.818. The number of hydrogen-bond donors (Lipinski definition) is 2. The summed E-state index contributed by atoms with van der Waals surface area (Å²) in [6, 6.07) is 3.01. The molecule has 0 aliphatic heterocycles. The normalized spacial score (nSPS) is 12.7. The Morgan fingerprint density at radius 3 is 2.73 bits per heavy atom. The van der Waals surface area contributed by atoms with Crippen molar-refractivity contribution < 1.29 is 23.8 Å². The van der Waals surface area contributed by atoms with Crippen molar-refractivity contribution in [2.75, 3.05) is 20.3 Å². The number of carbonyl (C=O) groups is 1. The molecule has 0 aliphatic carbocycles. The number of aliphatic hydroxyl groups is 1. The Labute approximate surface area is 151 Å². The van der Waals surface area contributed by atoms with Crippen molar-refractivity contribution in [1.29, 1.82) is 0 Å². The number of halogens is 1. The predicted octanol–water partition coefficient (Wildman–Crippen LogP) is 2.77. The molecule has 0 aliphatic rings. The Kier molecular flexibility index (Phi) is 6.31. The first-order chi connectivity index (χ1) is 12.2. The summed E-state index contributed by atoms with van der Waals surface area (Å²) < 4.78 is 24.6. The van der Waals surface area contributed by atoms with Gasteiger partial charge < -0.3 is 19.9 Å². The van der Waals surface area contributed by atoms with Crippen molar-refractivity contribution in [2.24, 2.45) is 0 Å². The molecule has 1 unspecified atom stereocenters. The summed E-state index contributed by atoms with van der Waals surface area (Å²) in [5.41, 5.74) is 0.0558. The standard InChI is InChI=1S/C18H24FN3O4/c1-18(2,3)26-17(24)20-8-7-12(10-23)14-13(19)6-5-11-9-21-16(25-4)22-15(11)14/h5-6,9,12,23H,7-8,10H2,1-4H3,(H,20,24). The molecule has 0 fully saturated rings. The fourth-order valence-corrected chi connectivity index (χ4v) is 2.55. The third-order valence-corrected chi connectivity index (χ3v) is 3.69. The summed E-state index contributed by atoms with van der Waals surface area (Å²) in [7, 11) is 1.43. The number of methoxy groups -OCH3 is 1. The Morgan fingerprint density at radius 1 is 1.38 bits per heavy atom. The van der Waals surface area contributed by atoms with Crippen LogP contribution < -0.4 is 10.1 Å². The summed E-state index contributed by atoms with van der Waals surface area (Å²) >= 11 is 0. The highest BCUT2D eigenvalue weighted by Crippen LogP contribution is 2.29. The van der Waals surface area contributed by atoms with Crippen molar-refractivity contribution in [2.45, 2.75) is 38.7 Å². The van der Waals surface area contributed by atoms with E-state index in [0.29, 0.717) is 17.3 Å².